The third-order valence-corrected chi connectivity index (χ3v) is 1.27. The average molecular weight is 142 g/mol. The molecule has 0 aromatic rings. The van der Waals surface area contributed by atoms with Gasteiger partial charge in [-0.3, -0.25) is 0 Å². The Bertz CT molecular complexity index is 191. The third kappa shape index (κ3) is 1.50. The third-order valence-electron chi connectivity index (χ3n) is 1.27. The molecule has 56 valence electrons. The molecule has 3 nitrogen and oxygen atoms in total. The highest BCUT2D eigenvalue weighted by Gasteiger charge is 2.28. The van der Waals surface area contributed by atoms with E-state index < -0.39 is 11.6 Å². The predicted molar refractivity (Wildman–Crippen MR) is 35.5 cm³/mol. The van der Waals surface area contributed by atoms with Crippen LogP contribution in [-0.4, -0.2) is 16.7 Å². The van der Waals surface area contributed by atoms with Gasteiger partial charge in [0.15, 0.2) is 0 Å². The summed E-state index contributed by atoms with van der Waals surface area (Å²) in [7, 11) is 0. The normalized spacial score (nSPS) is 23.4. The zero-order valence-electron chi connectivity index (χ0n) is 6.05. The highest BCUT2D eigenvalue weighted by atomic mass is 16.6. The second kappa shape index (κ2) is 2.01. The molecule has 0 atom stereocenters. The summed E-state index contributed by atoms with van der Waals surface area (Å²) in [5.41, 5.74) is -0.546. The number of aliphatic hydroxyl groups is 1. The van der Waals surface area contributed by atoms with Crippen molar-refractivity contribution >= 4 is 5.97 Å². The Morgan fingerprint density at radius 1 is 1.70 bits per heavy atom. The first-order valence-corrected chi connectivity index (χ1v) is 3.12. The van der Waals surface area contributed by atoms with Crippen molar-refractivity contribution in [1.82, 2.24) is 0 Å². The van der Waals surface area contributed by atoms with E-state index >= 15 is 0 Å². The Labute approximate surface area is 59.3 Å². The van der Waals surface area contributed by atoms with Gasteiger partial charge in [0.25, 0.3) is 0 Å². The van der Waals surface area contributed by atoms with Gasteiger partial charge < -0.3 is 9.84 Å². The Kier molecular flexibility index (Phi) is 1.43. The van der Waals surface area contributed by atoms with Crippen LogP contribution in [0.4, 0.5) is 0 Å². The number of ether oxygens (including phenoxy) is 1. The van der Waals surface area contributed by atoms with Crippen LogP contribution in [0, 0.1) is 0 Å². The molecule has 1 rings (SSSR count). The molecule has 3 heteroatoms. The molecule has 0 amide bonds. The second-order valence-electron chi connectivity index (χ2n) is 2.99. The van der Waals surface area contributed by atoms with Crippen molar-refractivity contribution in [3.8, 4) is 0 Å². The van der Waals surface area contributed by atoms with E-state index in [9.17, 15) is 4.79 Å². The van der Waals surface area contributed by atoms with Crippen LogP contribution in [0.3, 0.4) is 0 Å². The summed E-state index contributed by atoms with van der Waals surface area (Å²) in [6.45, 7) is 3.52. The van der Waals surface area contributed by atoms with Gasteiger partial charge in [-0.15, -0.1) is 0 Å². The Morgan fingerprint density at radius 3 is 2.70 bits per heavy atom. The summed E-state index contributed by atoms with van der Waals surface area (Å²) in [6, 6.07) is 0. The summed E-state index contributed by atoms with van der Waals surface area (Å²) in [5.74, 6) is -0.366. The Balaban J connectivity index is 2.80. The van der Waals surface area contributed by atoms with Crippen molar-refractivity contribution in [2.75, 3.05) is 0 Å². The Morgan fingerprint density at radius 2 is 2.30 bits per heavy atom. The van der Waals surface area contributed by atoms with Gasteiger partial charge in [0.2, 0.25) is 0 Å². The van der Waals surface area contributed by atoms with Crippen LogP contribution < -0.4 is 0 Å². The lowest BCUT2D eigenvalue weighted by Gasteiger charge is -2.27. The van der Waals surface area contributed by atoms with E-state index in [1.165, 1.54) is 0 Å². The van der Waals surface area contributed by atoms with Gasteiger partial charge >= 0.3 is 5.97 Å². The van der Waals surface area contributed by atoms with E-state index in [-0.39, 0.29) is 5.76 Å². The minimum atomic E-state index is -0.546. The number of aliphatic hydroxyl groups excluding tert-OH is 1. The van der Waals surface area contributed by atoms with Gasteiger partial charge in [-0.1, -0.05) is 0 Å². The number of rotatable bonds is 0. The second-order valence-corrected chi connectivity index (χ2v) is 2.99. The molecule has 0 aromatic carbocycles. The lowest BCUT2D eigenvalue weighted by atomic mass is 10.0. The maximum absolute atomic E-state index is 10.6. The van der Waals surface area contributed by atoms with E-state index in [0.717, 1.165) is 6.08 Å². The van der Waals surface area contributed by atoms with Crippen LogP contribution >= 0.6 is 0 Å². The van der Waals surface area contributed by atoms with Crippen molar-refractivity contribution in [2.24, 2.45) is 0 Å². The zero-order chi connectivity index (χ0) is 7.78. The largest absolute Gasteiger partial charge is 0.512 e. The van der Waals surface area contributed by atoms with Gasteiger partial charge in [-0.25, -0.2) is 4.79 Å². The lowest BCUT2D eigenvalue weighted by Crippen LogP contribution is -2.31. The molecule has 0 fully saturated rings. The number of carbonyl (C=O) groups is 1. The van der Waals surface area contributed by atoms with Crippen molar-refractivity contribution in [1.29, 1.82) is 0 Å². The average Bonchev–Trinajstić information content (AvgIpc) is 1.54. The van der Waals surface area contributed by atoms with Crippen molar-refractivity contribution in [3.63, 3.8) is 0 Å². The van der Waals surface area contributed by atoms with E-state index in [0.29, 0.717) is 6.42 Å². The monoisotopic (exact) mass is 142 g/mol. The number of cyclic esters (lactones) is 1. The maximum atomic E-state index is 10.6. The summed E-state index contributed by atoms with van der Waals surface area (Å²) in [5, 5.41) is 8.98. The lowest BCUT2D eigenvalue weighted by molar-refractivity contribution is -0.152. The predicted octanol–water partition coefficient (Wildman–Crippen LogP) is 1.15. The summed E-state index contributed by atoms with van der Waals surface area (Å²) < 4.78 is 4.87. The van der Waals surface area contributed by atoms with Crippen molar-refractivity contribution in [2.45, 2.75) is 25.9 Å². The molecule has 10 heavy (non-hydrogen) atoms. The fourth-order valence-corrected chi connectivity index (χ4v) is 0.961. The van der Waals surface area contributed by atoms with Gasteiger partial charge in [0.05, 0.1) is 6.08 Å². The van der Waals surface area contributed by atoms with E-state index in [2.05, 4.69) is 0 Å². The topological polar surface area (TPSA) is 46.5 Å². The highest BCUT2D eigenvalue weighted by molar-refractivity contribution is 5.83. The van der Waals surface area contributed by atoms with Gasteiger partial charge in [-0.05, 0) is 13.8 Å². The van der Waals surface area contributed by atoms with Crippen LogP contribution in [0.25, 0.3) is 0 Å². The number of esters is 1. The first-order valence-electron chi connectivity index (χ1n) is 3.12. The number of hydrogen-bond acceptors (Lipinski definition) is 3. The molecular formula is C7H10O3. The molecule has 1 heterocycles. The molecule has 0 aliphatic carbocycles. The summed E-state index contributed by atoms with van der Waals surface area (Å²) in [4.78, 5) is 10.6. The number of hydrogen-bond donors (Lipinski definition) is 1. The van der Waals surface area contributed by atoms with Crippen LogP contribution in [0.15, 0.2) is 11.8 Å². The van der Waals surface area contributed by atoms with Crippen LogP contribution in [0.5, 0.6) is 0 Å². The zero-order valence-corrected chi connectivity index (χ0v) is 6.05. The first kappa shape index (κ1) is 7.12. The molecule has 1 aliphatic rings. The molecular weight excluding hydrogens is 132 g/mol. The molecule has 1 N–H and O–H groups in total. The molecule has 1 aliphatic heterocycles. The number of carbonyl (C=O) groups excluding carboxylic acids is 1. The Hall–Kier alpha value is -0.990. The molecule has 0 radical (unpaired) electrons. The minimum Gasteiger partial charge on any atom is -0.512 e. The first-order chi connectivity index (χ1) is 4.49. The van der Waals surface area contributed by atoms with Crippen molar-refractivity contribution < 1.29 is 14.6 Å². The smallest absolute Gasteiger partial charge is 0.334 e. The van der Waals surface area contributed by atoms with E-state index in [4.69, 9.17) is 9.84 Å². The van der Waals surface area contributed by atoms with E-state index in [1.54, 1.807) is 13.8 Å². The van der Waals surface area contributed by atoms with Gasteiger partial charge in [0.1, 0.15) is 11.4 Å². The van der Waals surface area contributed by atoms with Crippen LogP contribution in [0.1, 0.15) is 20.3 Å². The molecule has 0 saturated carbocycles. The van der Waals surface area contributed by atoms with Crippen LogP contribution in [-0.2, 0) is 9.53 Å². The quantitative estimate of drug-likeness (QED) is 0.516. The minimum absolute atomic E-state index is 0.0984. The molecule has 0 saturated heterocycles. The van der Waals surface area contributed by atoms with Crippen LogP contribution in [0.2, 0.25) is 0 Å². The molecule has 0 aromatic heterocycles. The molecule has 0 bridgehead atoms. The van der Waals surface area contributed by atoms with E-state index in [1.807, 2.05) is 0 Å². The fourth-order valence-electron chi connectivity index (χ4n) is 0.961. The maximum Gasteiger partial charge on any atom is 0.334 e. The van der Waals surface area contributed by atoms with Gasteiger partial charge in [0, 0.05) is 6.42 Å². The fraction of sp³-hybridized carbons (Fsp3) is 0.571. The standard InChI is InChI=1S/C7H10O3/c1-7(2)4-5(8)3-6(9)10-7/h3,8H,4H2,1-2H3. The van der Waals surface area contributed by atoms with Crippen molar-refractivity contribution in [3.05, 3.63) is 11.8 Å². The summed E-state index contributed by atoms with van der Waals surface area (Å²) in [6.07, 6.45) is 1.50. The van der Waals surface area contributed by atoms with Gasteiger partial charge in [-0.2, -0.15) is 0 Å². The SMILES string of the molecule is CC1(C)CC(O)=CC(=O)O1. The molecule has 0 unspecified atom stereocenters. The summed E-state index contributed by atoms with van der Waals surface area (Å²) >= 11 is 0. The highest BCUT2D eigenvalue weighted by Crippen LogP contribution is 2.23. The molecule has 0 spiro atoms.